The number of oxazole rings is 1. The molecule has 1 aromatic carbocycles. The minimum Gasteiger partial charge on any atom is -0.408 e. The third-order valence-corrected chi connectivity index (χ3v) is 4.36. The highest BCUT2D eigenvalue weighted by molar-refractivity contribution is 7.10. The van der Waals surface area contributed by atoms with Crippen molar-refractivity contribution >= 4 is 22.4 Å². The lowest BCUT2D eigenvalue weighted by Crippen LogP contribution is -2.24. The number of aryl methyl sites for hydroxylation is 1. The number of nitrogens with one attached hydrogen (secondary N) is 1. The number of fused-ring (bicyclic) bond motifs is 1. The van der Waals surface area contributed by atoms with Crippen molar-refractivity contribution in [2.75, 3.05) is 6.54 Å². The van der Waals surface area contributed by atoms with E-state index in [0.29, 0.717) is 12.1 Å². The lowest BCUT2D eigenvalue weighted by molar-refractivity contribution is 0.494. The fourth-order valence-electron chi connectivity index (χ4n) is 2.20. The summed E-state index contributed by atoms with van der Waals surface area (Å²) in [4.78, 5) is 13.1. The Hall–Kier alpha value is -1.85. The average Bonchev–Trinajstić information content (AvgIpc) is 2.98. The predicted molar refractivity (Wildman–Crippen MR) is 81.2 cm³/mol. The van der Waals surface area contributed by atoms with Crippen LogP contribution in [0.1, 0.15) is 10.4 Å². The molecule has 0 radical (unpaired) electrons. The second-order valence-electron chi connectivity index (χ2n) is 4.69. The van der Waals surface area contributed by atoms with Crippen LogP contribution in [-0.4, -0.2) is 11.1 Å². The summed E-state index contributed by atoms with van der Waals surface area (Å²) in [5.41, 5.74) is 2.81. The molecule has 0 atom stereocenters. The Balaban J connectivity index is 1.64. The maximum atomic E-state index is 11.8. The molecule has 3 rings (SSSR count). The number of para-hydroxylation sites is 2. The second-order valence-corrected chi connectivity index (χ2v) is 5.69. The van der Waals surface area contributed by atoms with Crippen molar-refractivity contribution in [2.45, 2.75) is 20.0 Å². The van der Waals surface area contributed by atoms with E-state index in [1.807, 2.05) is 24.3 Å². The molecule has 2 heterocycles. The van der Waals surface area contributed by atoms with Gasteiger partial charge in [0.1, 0.15) is 0 Å². The lowest BCUT2D eigenvalue weighted by Gasteiger charge is -2.05. The number of rotatable bonds is 5. The molecule has 0 spiro atoms. The Morgan fingerprint density at radius 3 is 2.95 bits per heavy atom. The minimum atomic E-state index is -0.291. The van der Waals surface area contributed by atoms with E-state index in [2.05, 4.69) is 23.7 Å². The van der Waals surface area contributed by atoms with Crippen LogP contribution in [0.25, 0.3) is 11.1 Å². The van der Waals surface area contributed by atoms with Crippen LogP contribution in [0.15, 0.2) is 44.9 Å². The van der Waals surface area contributed by atoms with Crippen LogP contribution in [0.2, 0.25) is 0 Å². The number of hydrogen-bond acceptors (Lipinski definition) is 4. The molecule has 104 valence electrons. The summed E-state index contributed by atoms with van der Waals surface area (Å²) < 4.78 is 6.87. The van der Waals surface area contributed by atoms with Crippen LogP contribution < -0.4 is 11.1 Å². The van der Waals surface area contributed by atoms with E-state index < -0.39 is 0 Å². The highest BCUT2D eigenvalue weighted by Crippen LogP contribution is 2.15. The molecule has 0 unspecified atom stereocenters. The standard InChI is InChI=1S/C15H16N2O2S/c1-11-6-9-20-14(11)10-16-7-8-17-12-4-2-3-5-13(12)19-15(17)18/h2-6,9,16H,7-8,10H2,1H3. The highest BCUT2D eigenvalue weighted by atomic mass is 32.1. The summed E-state index contributed by atoms with van der Waals surface area (Å²) >= 11 is 1.75. The maximum absolute atomic E-state index is 11.8. The molecule has 0 saturated carbocycles. The first-order valence-corrected chi connectivity index (χ1v) is 7.46. The lowest BCUT2D eigenvalue weighted by atomic mass is 10.3. The monoisotopic (exact) mass is 288 g/mol. The normalized spacial score (nSPS) is 11.2. The zero-order chi connectivity index (χ0) is 13.9. The molecular formula is C15H16N2O2S. The summed E-state index contributed by atoms with van der Waals surface area (Å²) in [6.45, 7) is 4.30. The largest absolute Gasteiger partial charge is 0.419 e. The van der Waals surface area contributed by atoms with Gasteiger partial charge < -0.3 is 9.73 Å². The van der Waals surface area contributed by atoms with Crippen molar-refractivity contribution in [2.24, 2.45) is 0 Å². The second kappa shape index (κ2) is 5.64. The van der Waals surface area contributed by atoms with Crippen LogP contribution in [-0.2, 0) is 13.1 Å². The molecule has 5 heteroatoms. The summed E-state index contributed by atoms with van der Waals surface area (Å²) in [6.07, 6.45) is 0. The molecule has 0 aliphatic rings. The van der Waals surface area contributed by atoms with E-state index in [1.165, 1.54) is 10.4 Å². The molecule has 0 aliphatic carbocycles. The first-order chi connectivity index (χ1) is 9.75. The minimum absolute atomic E-state index is 0.291. The van der Waals surface area contributed by atoms with Crippen molar-refractivity contribution < 1.29 is 4.42 Å². The topological polar surface area (TPSA) is 47.2 Å². The van der Waals surface area contributed by atoms with Gasteiger partial charge in [-0.15, -0.1) is 11.3 Å². The van der Waals surface area contributed by atoms with Gasteiger partial charge in [-0.2, -0.15) is 0 Å². The van der Waals surface area contributed by atoms with Crippen LogP contribution in [0.4, 0.5) is 0 Å². The third-order valence-electron chi connectivity index (χ3n) is 3.34. The van der Waals surface area contributed by atoms with Gasteiger partial charge in [-0.05, 0) is 36.1 Å². The van der Waals surface area contributed by atoms with E-state index in [1.54, 1.807) is 15.9 Å². The van der Waals surface area contributed by atoms with Gasteiger partial charge in [0.15, 0.2) is 5.58 Å². The van der Waals surface area contributed by atoms with Crippen molar-refractivity contribution in [1.29, 1.82) is 0 Å². The Morgan fingerprint density at radius 1 is 1.30 bits per heavy atom. The molecule has 2 aromatic heterocycles. The van der Waals surface area contributed by atoms with Crippen molar-refractivity contribution in [3.8, 4) is 0 Å². The Labute approximate surface area is 120 Å². The fourth-order valence-corrected chi connectivity index (χ4v) is 3.08. The van der Waals surface area contributed by atoms with Gasteiger partial charge in [-0.25, -0.2) is 4.79 Å². The van der Waals surface area contributed by atoms with Crippen LogP contribution in [0.5, 0.6) is 0 Å². The molecule has 20 heavy (non-hydrogen) atoms. The van der Waals surface area contributed by atoms with Gasteiger partial charge in [-0.1, -0.05) is 12.1 Å². The zero-order valence-electron chi connectivity index (χ0n) is 11.3. The molecule has 3 aromatic rings. The Morgan fingerprint density at radius 2 is 2.15 bits per heavy atom. The molecule has 0 bridgehead atoms. The summed E-state index contributed by atoms with van der Waals surface area (Å²) in [5.74, 6) is -0.291. The van der Waals surface area contributed by atoms with Crippen LogP contribution >= 0.6 is 11.3 Å². The van der Waals surface area contributed by atoms with Gasteiger partial charge in [0, 0.05) is 24.5 Å². The molecule has 0 amide bonds. The molecule has 0 saturated heterocycles. The van der Waals surface area contributed by atoms with E-state index in [-0.39, 0.29) is 5.76 Å². The number of nitrogens with zero attached hydrogens (tertiary/aromatic N) is 1. The molecule has 0 fully saturated rings. The predicted octanol–water partition coefficient (Wildman–Crippen LogP) is 2.75. The van der Waals surface area contributed by atoms with Gasteiger partial charge in [0.2, 0.25) is 0 Å². The van der Waals surface area contributed by atoms with Crippen LogP contribution in [0.3, 0.4) is 0 Å². The smallest absolute Gasteiger partial charge is 0.408 e. The van der Waals surface area contributed by atoms with Gasteiger partial charge in [0.05, 0.1) is 5.52 Å². The van der Waals surface area contributed by atoms with Crippen molar-refractivity contribution in [3.05, 3.63) is 56.7 Å². The van der Waals surface area contributed by atoms with Crippen LogP contribution in [0, 0.1) is 6.92 Å². The van der Waals surface area contributed by atoms with E-state index in [0.717, 1.165) is 18.6 Å². The number of hydrogen-bond donors (Lipinski definition) is 1. The van der Waals surface area contributed by atoms with Gasteiger partial charge >= 0.3 is 5.76 Å². The number of aromatic nitrogens is 1. The SMILES string of the molecule is Cc1ccsc1CNCCn1c(=O)oc2ccccc21. The number of thiophene rings is 1. The van der Waals surface area contributed by atoms with E-state index >= 15 is 0 Å². The van der Waals surface area contributed by atoms with Crippen molar-refractivity contribution in [1.82, 2.24) is 9.88 Å². The summed E-state index contributed by atoms with van der Waals surface area (Å²) in [5, 5.41) is 5.47. The maximum Gasteiger partial charge on any atom is 0.419 e. The van der Waals surface area contributed by atoms with Gasteiger partial charge in [-0.3, -0.25) is 4.57 Å². The molecular weight excluding hydrogens is 272 g/mol. The fraction of sp³-hybridized carbons (Fsp3) is 0.267. The Kier molecular flexibility index (Phi) is 3.71. The molecule has 0 aliphatic heterocycles. The van der Waals surface area contributed by atoms with E-state index in [4.69, 9.17) is 4.42 Å². The first kappa shape index (κ1) is 13.1. The first-order valence-electron chi connectivity index (χ1n) is 6.58. The summed E-state index contributed by atoms with van der Waals surface area (Å²) in [6, 6.07) is 9.62. The summed E-state index contributed by atoms with van der Waals surface area (Å²) in [7, 11) is 0. The highest BCUT2D eigenvalue weighted by Gasteiger charge is 2.07. The van der Waals surface area contributed by atoms with Crippen molar-refractivity contribution in [3.63, 3.8) is 0 Å². The quantitative estimate of drug-likeness (QED) is 0.734. The average molecular weight is 288 g/mol. The zero-order valence-corrected chi connectivity index (χ0v) is 12.1. The third kappa shape index (κ3) is 2.55. The van der Waals surface area contributed by atoms with Gasteiger partial charge in [0.25, 0.3) is 0 Å². The Bertz CT molecular complexity index is 769. The molecule has 1 N–H and O–H groups in total. The molecule has 4 nitrogen and oxygen atoms in total. The van der Waals surface area contributed by atoms with E-state index in [9.17, 15) is 4.79 Å². The number of benzene rings is 1.